The van der Waals surface area contributed by atoms with Gasteiger partial charge in [-0.25, -0.2) is 4.79 Å². The van der Waals surface area contributed by atoms with Crippen LogP contribution in [0.15, 0.2) is 0 Å². The molecule has 260 valence electrons. The van der Waals surface area contributed by atoms with Crippen LogP contribution in [0.1, 0.15) is 115 Å². The number of hydrogen-bond donors (Lipinski definition) is 3. The Kier molecular flexibility index (Phi) is 11.2. The van der Waals surface area contributed by atoms with E-state index in [9.17, 15) is 14.4 Å². The molecule has 4 atom stereocenters. The van der Waals surface area contributed by atoms with Gasteiger partial charge < -0.3 is 34.9 Å². The summed E-state index contributed by atoms with van der Waals surface area (Å²) < 4.78 is 23.0. The molecule has 45 heavy (non-hydrogen) atoms. The Morgan fingerprint density at radius 1 is 0.578 bits per heavy atom. The third-order valence-electron chi connectivity index (χ3n) is 10.4. The molecule has 3 aliphatic heterocycles. The number of carbonyl (C=O) groups excluding carboxylic acids is 3. The molecule has 3 aliphatic rings. The molecule has 0 bridgehead atoms. The maximum absolute atomic E-state index is 13.5. The summed E-state index contributed by atoms with van der Waals surface area (Å²) >= 11 is 0. The molecule has 0 amide bonds. The highest BCUT2D eigenvalue weighted by molar-refractivity contribution is 5.79. The zero-order valence-electron chi connectivity index (χ0n) is 30.4. The molecule has 0 spiro atoms. The first-order chi connectivity index (χ1) is 20.4. The number of hydrogen-bond acceptors (Lipinski definition) is 10. The van der Waals surface area contributed by atoms with E-state index < -0.39 is 29.9 Å². The molecule has 4 unspecified atom stereocenters. The third kappa shape index (κ3) is 10.1. The number of esters is 3. The first kappa shape index (κ1) is 37.7. The predicted octanol–water partition coefficient (Wildman–Crippen LogP) is 4.53. The highest BCUT2D eigenvalue weighted by Crippen LogP contribution is 2.38. The highest BCUT2D eigenvalue weighted by Gasteiger charge is 2.47. The molecule has 3 N–H and O–H groups in total. The molecular weight excluding hydrogens is 574 g/mol. The smallest absolute Gasteiger partial charge is 0.335 e. The first-order valence-corrected chi connectivity index (χ1v) is 16.8. The summed E-state index contributed by atoms with van der Waals surface area (Å²) in [5, 5.41) is 10.8. The van der Waals surface area contributed by atoms with Gasteiger partial charge in [-0.1, -0.05) is 0 Å². The van der Waals surface area contributed by atoms with E-state index in [2.05, 4.69) is 99.0 Å². The Bertz CT molecular complexity index is 1030. The van der Waals surface area contributed by atoms with Crippen molar-refractivity contribution in [1.29, 1.82) is 0 Å². The van der Waals surface area contributed by atoms with Crippen LogP contribution in [0.25, 0.3) is 0 Å². The number of ether oxygens (including phenoxy) is 4. The van der Waals surface area contributed by atoms with Gasteiger partial charge in [-0.05, 0) is 102 Å². The van der Waals surface area contributed by atoms with Crippen molar-refractivity contribution in [2.75, 3.05) is 26.9 Å². The molecule has 10 heteroatoms. The lowest BCUT2D eigenvalue weighted by molar-refractivity contribution is -0.164. The minimum atomic E-state index is -1.12. The van der Waals surface area contributed by atoms with E-state index in [1.54, 1.807) is 0 Å². The second-order valence-corrected chi connectivity index (χ2v) is 17.7. The Balaban J connectivity index is 1.68. The highest BCUT2D eigenvalue weighted by atomic mass is 16.6. The largest absolute Gasteiger partial charge is 0.465 e. The maximum atomic E-state index is 13.5. The molecule has 0 saturated carbocycles. The first-order valence-electron chi connectivity index (χ1n) is 16.8. The van der Waals surface area contributed by atoms with E-state index in [1.807, 2.05) is 0 Å². The number of methoxy groups -OCH3 is 1. The summed E-state index contributed by atoms with van der Waals surface area (Å²) in [5.41, 5.74) is -0.797. The van der Waals surface area contributed by atoms with Gasteiger partial charge in [0.2, 0.25) is 0 Å². The van der Waals surface area contributed by atoms with Crippen LogP contribution in [-0.2, 0) is 33.3 Å². The van der Waals surface area contributed by atoms with Gasteiger partial charge in [0, 0.05) is 64.0 Å². The summed E-state index contributed by atoms with van der Waals surface area (Å²) in [6.45, 7) is 26.2. The van der Waals surface area contributed by atoms with Gasteiger partial charge in [-0.2, -0.15) is 0 Å². The molecule has 10 nitrogen and oxygen atoms in total. The van der Waals surface area contributed by atoms with Crippen LogP contribution in [0.5, 0.6) is 0 Å². The fourth-order valence-corrected chi connectivity index (χ4v) is 8.46. The van der Waals surface area contributed by atoms with Crippen LogP contribution < -0.4 is 16.0 Å². The van der Waals surface area contributed by atoms with E-state index in [0.717, 1.165) is 19.3 Å². The molecule has 0 aromatic rings. The van der Waals surface area contributed by atoms with Crippen LogP contribution >= 0.6 is 0 Å². The molecular formula is C35H63N3O7. The van der Waals surface area contributed by atoms with Gasteiger partial charge >= 0.3 is 17.9 Å². The Labute approximate surface area is 272 Å². The number of carbonyl (C=O) groups is 3. The molecule has 0 aromatic heterocycles. The minimum Gasteiger partial charge on any atom is -0.465 e. The Morgan fingerprint density at radius 3 is 1.16 bits per heavy atom. The molecule has 3 heterocycles. The van der Waals surface area contributed by atoms with E-state index in [0.29, 0.717) is 0 Å². The minimum absolute atomic E-state index is 0.0605. The predicted molar refractivity (Wildman–Crippen MR) is 175 cm³/mol. The van der Waals surface area contributed by atoms with E-state index >= 15 is 0 Å². The van der Waals surface area contributed by atoms with Gasteiger partial charge in [0.05, 0.1) is 32.7 Å². The number of nitrogens with one attached hydrogen (secondary N) is 3. The van der Waals surface area contributed by atoms with Crippen LogP contribution in [0.3, 0.4) is 0 Å². The van der Waals surface area contributed by atoms with Crippen LogP contribution in [0.4, 0.5) is 0 Å². The standard InChI is InChI=1S/C35H63N3O7/c1-30(2)16-23(33(7,8)36-30)19-43-26(39)14-22(15-27(40)44-20-24-17-31(3,4)37-34(24,9)10)28(42-13)29(41)45-21-25-18-32(5,6)38-35(25,11)12/h22-25,28,36-38H,14-21H2,1-13H3. The van der Waals surface area contributed by atoms with Crippen molar-refractivity contribution in [2.24, 2.45) is 23.7 Å². The van der Waals surface area contributed by atoms with E-state index in [1.165, 1.54) is 7.11 Å². The van der Waals surface area contributed by atoms with Gasteiger partial charge in [-0.3, -0.25) is 9.59 Å². The topological polar surface area (TPSA) is 124 Å². The van der Waals surface area contributed by atoms with Gasteiger partial charge in [0.1, 0.15) is 0 Å². The lowest BCUT2D eigenvalue weighted by atomic mass is 9.87. The Morgan fingerprint density at radius 2 is 0.889 bits per heavy atom. The summed E-state index contributed by atoms with van der Waals surface area (Å²) in [6.07, 6.45) is 1.12. The van der Waals surface area contributed by atoms with E-state index in [-0.39, 0.29) is 83.6 Å². The summed E-state index contributed by atoms with van der Waals surface area (Å²) in [4.78, 5) is 39.9. The van der Waals surface area contributed by atoms with Gasteiger partial charge in [-0.15, -0.1) is 0 Å². The molecule has 0 radical (unpaired) electrons. The van der Waals surface area contributed by atoms with Crippen molar-refractivity contribution in [3.8, 4) is 0 Å². The molecule has 3 fully saturated rings. The van der Waals surface area contributed by atoms with E-state index in [4.69, 9.17) is 18.9 Å². The normalized spacial score (nSPS) is 29.9. The molecule has 3 saturated heterocycles. The maximum Gasteiger partial charge on any atom is 0.335 e. The van der Waals surface area contributed by atoms with Crippen LogP contribution in [0, 0.1) is 23.7 Å². The summed E-state index contributed by atoms with van der Waals surface area (Å²) in [7, 11) is 1.41. The van der Waals surface area contributed by atoms with Crippen molar-refractivity contribution in [2.45, 2.75) is 155 Å². The lowest BCUT2D eigenvalue weighted by Gasteiger charge is -2.30. The zero-order chi connectivity index (χ0) is 34.2. The monoisotopic (exact) mass is 637 g/mol. The molecule has 0 aliphatic carbocycles. The second kappa shape index (κ2) is 13.4. The second-order valence-electron chi connectivity index (χ2n) is 17.7. The number of rotatable bonds is 13. The molecule has 3 rings (SSSR count). The lowest BCUT2D eigenvalue weighted by Crippen LogP contribution is -2.46. The quantitative estimate of drug-likeness (QED) is 0.196. The fraction of sp³-hybridized carbons (Fsp3) is 0.914. The van der Waals surface area contributed by atoms with Crippen molar-refractivity contribution >= 4 is 17.9 Å². The van der Waals surface area contributed by atoms with Gasteiger partial charge in [0.25, 0.3) is 0 Å². The fourth-order valence-electron chi connectivity index (χ4n) is 8.46. The van der Waals surface area contributed by atoms with Crippen LogP contribution in [-0.4, -0.2) is 84.2 Å². The van der Waals surface area contributed by atoms with Gasteiger partial charge in [0.15, 0.2) is 6.10 Å². The van der Waals surface area contributed by atoms with Crippen molar-refractivity contribution in [3.63, 3.8) is 0 Å². The SMILES string of the molecule is COC(C(=O)OCC1CC(C)(C)NC1(C)C)C(CC(=O)OCC1CC(C)(C)NC1(C)C)CC(=O)OCC1CC(C)(C)NC1(C)C. The Hall–Kier alpha value is -1.75. The molecule has 0 aromatic carbocycles. The summed E-state index contributed by atoms with van der Waals surface area (Å²) in [6, 6.07) is 0. The van der Waals surface area contributed by atoms with Crippen LogP contribution in [0.2, 0.25) is 0 Å². The zero-order valence-corrected chi connectivity index (χ0v) is 30.4. The average molecular weight is 638 g/mol. The summed E-state index contributed by atoms with van der Waals surface area (Å²) in [5.74, 6) is -1.99. The van der Waals surface area contributed by atoms with Crippen molar-refractivity contribution in [3.05, 3.63) is 0 Å². The van der Waals surface area contributed by atoms with Crippen molar-refractivity contribution in [1.82, 2.24) is 16.0 Å². The third-order valence-corrected chi connectivity index (χ3v) is 10.4. The van der Waals surface area contributed by atoms with Crippen molar-refractivity contribution < 1.29 is 33.3 Å². The average Bonchev–Trinajstić information content (AvgIpc) is 3.31.